The Morgan fingerprint density at radius 1 is 1.15 bits per heavy atom. The highest BCUT2D eigenvalue weighted by Crippen LogP contribution is 2.43. The lowest BCUT2D eigenvalue weighted by Crippen LogP contribution is -2.73. The Bertz CT molecular complexity index is 1150. The molecule has 0 radical (unpaired) electrons. The molecule has 1 N–H and O–H groups in total. The number of hydrogen-bond donors (Lipinski definition) is 1. The van der Waals surface area contributed by atoms with Gasteiger partial charge in [0.15, 0.2) is 11.5 Å². The Kier molecular flexibility index (Phi) is 5.47. The number of ether oxygens (including phenoxy) is 2. The normalized spacial score (nSPS) is 23.0. The van der Waals surface area contributed by atoms with Gasteiger partial charge in [-0.3, -0.25) is 9.59 Å². The molecule has 2 aromatic carbocycles. The Labute approximate surface area is 192 Å². The number of benzene rings is 2. The summed E-state index contributed by atoms with van der Waals surface area (Å²) in [6.45, 7) is 4.53. The van der Waals surface area contributed by atoms with E-state index >= 15 is 0 Å². The van der Waals surface area contributed by atoms with Crippen LogP contribution in [0.1, 0.15) is 41.3 Å². The monoisotopic (exact) mass is 446 g/mol. The van der Waals surface area contributed by atoms with Gasteiger partial charge >= 0.3 is 0 Å². The van der Waals surface area contributed by atoms with Crippen molar-refractivity contribution >= 4 is 11.8 Å². The van der Waals surface area contributed by atoms with Gasteiger partial charge < -0.3 is 24.4 Å². The van der Waals surface area contributed by atoms with Crippen LogP contribution in [-0.4, -0.2) is 65.3 Å². The van der Waals surface area contributed by atoms with Gasteiger partial charge in [-0.05, 0) is 35.9 Å². The van der Waals surface area contributed by atoms with Crippen molar-refractivity contribution in [1.29, 1.82) is 0 Å². The molecule has 2 amide bonds. The van der Waals surface area contributed by atoms with Crippen molar-refractivity contribution in [3.05, 3.63) is 59.2 Å². The molecule has 2 fully saturated rings. The first-order valence-corrected chi connectivity index (χ1v) is 11.2. The molecule has 2 saturated heterocycles. The minimum Gasteiger partial charge on any atom is -0.454 e. The van der Waals surface area contributed by atoms with Crippen LogP contribution in [0.25, 0.3) is 0 Å². The summed E-state index contributed by atoms with van der Waals surface area (Å²) in [6.07, 6.45) is 0. The summed E-state index contributed by atoms with van der Waals surface area (Å²) < 4.78 is 10.7. The summed E-state index contributed by atoms with van der Waals surface area (Å²) in [5.41, 5.74) is 2.43. The van der Waals surface area contributed by atoms with Crippen LogP contribution in [0.4, 0.5) is 0 Å². The van der Waals surface area contributed by atoms with Crippen LogP contribution in [0, 0.1) is 17.8 Å². The molecule has 5 rings (SSSR count). The zero-order chi connectivity index (χ0) is 23.1. The highest BCUT2D eigenvalue weighted by Gasteiger charge is 2.54. The predicted molar refractivity (Wildman–Crippen MR) is 121 cm³/mol. The third-order valence-electron chi connectivity index (χ3n) is 6.46. The third kappa shape index (κ3) is 3.81. The van der Waals surface area contributed by atoms with Gasteiger partial charge in [-0.1, -0.05) is 37.8 Å². The standard InChI is InChI=1S/C26H26N2O5/c1-16(2)3-4-17-5-7-18(8-6-17)25-20-12-27(13-24(30)28(20)21(25)14-29)26(31)19-9-10-22-23(11-19)33-15-32-22/h5-11,16,20-21,25,29H,12-15H2,1-2H3/t20-,21+,25-/m1/s1. The minimum absolute atomic E-state index is 0.00325. The van der Waals surface area contributed by atoms with Gasteiger partial charge in [-0.25, -0.2) is 0 Å². The zero-order valence-corrected chi connectivity index (χ0v) is 18.7. The van der Waals surface area contributed by atoms with E-state index in [-0.39, 0.29) is 49.8 Å². The van der Waals surface area contributed by atoms with E-state index in [0.717, 1.165) is 11.1 Å². The van der Waals surface area contributed by atoms with Crippen molar-refractivity contribution in [1.82, 2.24) is 9.80 Å². The Morgan fingerprint density at radius 3 is 2.64 bits per heavy atom. The first-order valence-electron chi connectivity index (χ1n) is 11.2. The number of rotatable bonds is 3. The number of amides is 2. The number of fused-ring (bicyclic) bond motifs is 2. The van der Waals surface area contributed by atoms with Crippen molar-refractivity contribution in [2.75, 3.05) is 26.5 Å². The number of hydrogen-bond acceptors (Lipinski definition) is 5. The van der Waals surface area contributed by atoms with Crippen molar-refractivity contribution in [3.8, 4) is 23.3 Å². The number of aliphatic hydroxyl groups is 1. The number of aliphatic hydroxyl groups excluding tert-OH is 1. The van der Waals surface area contributed by atoms with Crippen LogP contribution in [0.15, 0.2) is 42.5 Å². The molecule has 3 aliphatic heterocycles. The fourth-order valence-electron chi connectivity index (χ4n) is 4.88. The van der Waals surface area contributed by atoms with Gasteiger partial charge in [0, 0.05) is 29.5 Å². The molecule has 7 nitrogen and oxygen atoms in total. The van der Waals surface area contributed by atoms with E-state index in [0.29, 0.717) is 29.5 Å². The van der Waals surface area contributed by atoms with Crippen LogP contribution in [0.5, 0.6) is 11.5 Å². The Balaban J connectivity index is 1.36. The van der Waals surface area contributed by atoms with Gasteiger partial charge in [0.2, 0.25) is 12.7 Å². The summed E-state index contributed by atoms with van der Waals surface area (Å²) in [7, 11) is 0. The molecule has 0 aromatic heterocycles. The zero-order valence-electron chi connectivity index (χ0n) is 18.7. The van der Waals surface area contributed by atoms with Crippen LogP contribution < -0.4 is 9.47 Å². The maximum atomic E-state index is 13.2. The second-order valence-electron chi connectivity index (χ2n) is 8.94. The molecule has 0 spiro atoms. The molecule has 33 heavy (non-hydrogen) atoms. The average molecular weight is 447 g/mol. The average Bonchev–Trinajstić information content (AvgIpc) is 3.27. The highest BCUT2D eigenvalue weighted by atomic mass is 16.7. The number of nitrogens with zero attached hydrogens (tertiary/aromatic N) is 2. The van der Waals surface area contributed by atoms with Crippen molar-refractivity contribution < 1.29 is 24.2 Å². The summed E-state index contributed by atoms with van der Waals surface area (Å²) >= 11 is 0. The minimum atomic E-state index is -0.280. The van der Waals surface area contributed by atoms with Gasteiger partial charge in [0.25, 0.3) is 5.91 Å². The summed E-state index contributed by atoms with van der Waals surface area (Å²) in [5.74, 6) is 7.35. The van der Waals surface area contributed by atoms with Gasteiger partial charge in [0.1, 0.15) is 6.54 Å². The van der Waals surface area contributed by atoms with E-state index in [2.05, 4.69) is 11.8 Å². The second kappa shape index (κ2) is 8.45. The first kappa shape index (κ1) is 21.4. The van der Waals surface area contributed by atoms with Crippen molar-refractivity contribution in [2.45, 2.75) is 31.8 Å². The van der Waals surface area contributed by atoms with E-state index < -0.39 is 0 Å². The summed E-state index contributed by atoms with van der Waals surface area (Å²) in [5, 5.41) is 9.99. The molecule has 7 heteroatoms. The SMILES string of the molecule is CC(C)C#Cc1ccc([C@@H]2[C@H]3CN(C(=O)c4ccc5c(c4)OCO5)CC(=O)N3[C@H]2CO)cc1. The predicted octanol–water partition coefficient (Wildman–Crippen LogP) is 2.23. The van der Waals surface area contributed by atoms with E-state index in [1.807, 2.05) is 38.1 Å². The molecule has 0 aliphatic carbocycles. The smallest absolute Gasteiger partial charge is 0.254 e. The van der Waals surface area contributed by atoms with Gasteiger partial charge in [0.05, 0.1) is 18.7 Å². The van der Waals surface area contributed by atoms with Crippen molar-refractivity contribution in [2.24, 2.45) is 5.92 Å². The summed E-state index contributed by atoms with van der Waals surface area (Å²) in [4.78, 5) is 29.4. The highest BCUT2D eigenvalue weighted by molar-refractivity contribution is 5.98. The second-order valence-corrected chi connectivity index (χ2v) is 8.94. The lowest BCUT2D eigenvalue weighted by molar-refractivity contribution is -0.159. The number of carbonyl (C=O) groups is 2. The van der Waals surface area contributed by atoms with E-state index in [4.69, 9.17) is 9.47 Å². The fourth-order valence-corrected chi connectivity index (χ4v) is 4.88. The lowest BCUT2D eigenvalue weighted by Gasteiger charge is -2.58. The molecule has 0 bridgehead atoms. The number of piperazine rings is 1. The maximum Gasteiger partial charge on any atom is 0.254 e. The molecule has 3 heterocycles. The molecule has 170 valence electrons. The van der Waals surface area contributed by atoms with E-state index in [1.54, 1.807) is 28.0 Å². The number of carbonyl (C=O) groups excluding carboxylic acids is 2. The molecule has 3 atom stereocenters. The van der Waals surface area contributed by atoms with Gasteiger partial charge in [-0.2, -0.15) is 0 Å². The Hall–Kier alpha value is -3.50. The third-order valence-corrected chi connectivity index (χ3v) is 6.46. The topological polar surface area (TPSA) is 79.3 Å². The fraction of sp³-hybridized carbons (Fsp3) is 0.385. The molecule has 2 aromatic rings. The molecule has 0 unspecified atom stereocenters. The van der Waals surface area contributed by atoms with Crippen LogP contribution in [-0.2, 0) is 4.79 Å². The lowest BCUT2D eigenvalue weighted by atomic mass is 9.73. The van der Waals surface area contributed by atoms with Crippen molar-refractivity contribution in [3.63, 3.8) is 0 Å². The van der Waals surface area contributed by atoms with E-state index in [9.17, 15) is 14.7 Å². The van der Waals surface area contributed by atoms with Gasteiger partial charge in [-0.15, -0.1) is 0 Å². The maximum absolute atomic E-state index is 13.2. The molecular weight excluding hydrogens is 420 g/mol. The summed E-state index contributed by atoms with van der Waals surface area (Å²) in [6, 6.07) is 12.6. The molecule has 3 aliphatic rings. The first-order chi connectivity index (χ1) is 16.0. The largest absolute Gasteiger partial charge is 0.454 e. The Morgan fingerprint density at radius 2 is 1.91 bits per heavy atom. The quantitative estimate of drug-likeness (QED) is 0.732. The van der Waals surface area contributed by atoms with Crippen LogP contribution in [0.3, 0.4) is 0 Å². The van der Waals surface area contributed by atoms with Crippen LogP contribution in [0.2, 0.25) is 0 Å². The molecular formula is C26H26N2O5. The molecule has 0 saturated carbocycles. The van der Waals surface area contributed by atoms with Crippen LogP contribution >= 0.6 is 0 Å². The van der Waals surface area contributed by atoms with E-state index in [1.165, 1.54) is 0 Å².